The molecule has 0 aromatic heterocycles. The van der Waals surface area contributed by atoms with Crippen LogP contribution in [-0.2, 0) is 0 Å². The maximum atomic E-state index is 12.3. The Labute approximate surface area is 98.3 Å². The molecule has 0 saturated heterocycles. The lowest BCUT2D eigenvalue weighted by Gasteiger charge is -2.25. The highest BCUT2D eigenvalue weighted by Crippen LogP contribution is 2.12. The maximum Gasteiger partial charge on any atom is 0.179 e. The molecule has 0 aliphatic rings. The van der Waals surface area contributed by atoms with Gasteiger partial charge in [0.2, 0.25) is 0 Å². The van der Waals surface area contributed by atoms with Gasteiger partial charge in [-0.15, -0.1) is 0 Å². The molecule has 0 N–H and O–H groups in total. The summed E-state index contributed by atoms with van der Waals surface area (Å²) in [6.07, 6.45) is 1.96. The van der Waals surface area contributed by atoms with E-state index in [1.807, 2.05) is 37.4 Å². The quantitative estimate of drug-likeness (QED) is 0.685. The number of hydrogen-bond donors (Lipinski definition) is 0. The second-order valence-corrected chi connectivity index (χ2v) is 4.11. The van der Waals surface area contributed by atoms with E-state index in [2.05, 4.69) is 18.7 Å². The van der Waals surface area contributed by atoms with Crippen LogP contribution in [0, 0.1) is 0 Å². The van der Waals surface area contributed by atoms with Gasteiger partial charge in [-0.05, 0) is 20.0 Å². The molecule has 2 nitrogen and oxygen atoms in total. The first kappa shape index (κ1) is 12.9. The molecule has 0 heterocycles. The van der Waals surface area contributed by atoms with Crippen LogP contribution in [0.5, 0.6) is 0 Å². The fraction of sp³-hybridized carbons (Fsp3) is 0.500. The van der Waals surface area contributed by atoms with Crippen molar-refractivity contribution in [2.45, 2.75) is 32.7 Å². The molecule has 0 aliphatic heterocycles. The Morgan fingerprint density at radius 1 is 1.25 bits per heavy atom. The molecule has 0 bridgehead atoms. The van der Waals surface area contributed by atoms with Crippen LogP contribution in [0.25, 0.3) is 0 Å². The summed E-state index contributed by atoms with van der Waals surface area (Å²) >= 11 is 0. The van der Waals surface area contributed by atoms with Crippen LogP contribution in [0.1, 0.15) is 37.0 Å². The number of Topliss-reactive ketones (excluding diaryl/α,β-unsaturated/α-hetero) is 1. The van der Waals surface area contributed by atoms with Gasteiger partial charge in [0.15, 0.2) is 5.78 Å². The minimum Gasteiger partial charge on any atom is -0.297 e. The minimum atomic E-state index is 0.0254. The summed E-state index contributed by atoms with van der Waals surface area (Å²) in [5.74, 6) is 0.242. The summed E-state index contributed by atoms with van der Waals surface area (Å²) in [5, 5.41) is 0. The Morgan fingerprint density at radius 3 is 2.38 bits per heavy atom. The third-order valence-electron chi connectivity index (χ3n) is 2.95. The van der Waals surface area contributed by atoms with Crippen molar-refractivity contribution in [1.29, 1.82) is 0 Å². The van der Waals surface area contributed by atoms with Gasteiger partial charge in [-0.3, -0.25) is 9.69 Å². The van der Waals surface area contributed by atoms with E-state index < -0.39 is 0 Å². The van der Waals surface area contributed by atoms with Crippen LogP contribution in [-0.4, -0.2) is 30.3 Å². The second-order valence-electron chi connectivity index (χ2n) is 4.11. The van der Waals surface area contributed by atoms with E-state index in [9.17, 15) is 4.79 Å². The van der Waals surface area contributed by atoms with Crippen LogP contribution in [0.3, 0.4) is 0 Å². The first-order valence-electron chi connectivity index (χ1n) is 6.00. The number of ketones is 1. The zero-order valence-corrected chi connectivity index (χ0v) is 10.4. The van der Waals surface area contributed by atoms with Crippen LogP contribution in [0.15, 0.2) is 30.3 Å². The zero-order valence-electron chi connectivity index (χ0n) is 10.4. The van der Waals surface area contributed by atoms with Crippen LogP contribution in [0.2, 0.25) is 0 Å². The number of carbonyl (C=O) groups is 1. The van der Waals surface area contributed by atoms with Crippen molar-refractivity contribution in [3.8, 4) is 0 Å². The third-order valence-corrected chi connectivity index (χ3v) is 2.95. The van der Waals surface area contributed by atoms with Crippen molar-refractivity contribution in [2.24, 2.45) is 0 Å². The molecular weight excluding hydrogens is 198 g/mol. The molecule has 1 aromatic carbocycles. The van der Waals surface area contributed by atoms with E-state index in [-0.39, 0.29) is 11.8 Å². The molecule has 0 aliphatic carbocycles. The molecule has 1 unspecified atom stereocenters. The standard InChI is InChI=1S/C14H21NO/c1-4-9-13(15(3)5-2)14(16)12-10-7-6-8-11-12/h6-8,10-11,13H,4-5,9H2,1-3H3. The molecule has 16 heavy (non-hydrogen) atoms. The SMILES string of the molecule is CCCC(C(=O)c1ccccc1)N(C)CC. The highest BCUT2D eigenvalue weighted by molar-refractivity contribution is 6.00. The highest BCUT2D eigenvalue weighted by Gasteiger charge is 2.21. The summed E-state index contributed by atoms with van der Waals surface area (Å²) < 4.78 is 0. The number of nitrogens with zero attached hydrogens (tertiary/aromatic N) is 1. The van der Waals surface area contributed by atoms with Crippen molar-refractivity contribution in [3.05, 3.63) is 35.9 Å². The fourth-order valence-corrected chi connectivity index (χ4v) is 1.84. The van der Waals surface area contributed by atoms with Crippen molar-refractivity contribution < 1.29 is 4.79 Å². The van der Waals surface area contributed by atoms with E-state index >= 15 is 0 Å². The Bertz CT molecular complexity index is 321. The predicted octanol–water partition coefficient (Wildman–Crippen LogP) is 2.99. The van der Waals surface area contributed by atoms with Gasteiger partial charge in [0.1, 0.15) is 0 Å². The number of likely N-dealkylation sites (N-methyl/N-ethyl adjacent to an activating group) is 1. The van der Waals surface area contributed by atoms with Crippen LogP contribution >= 0.6 is 0 Å². The first-order valence-corrected chi connectivity index (χ1v) is 6.00. The molecule has 0 radical (unpaired) electrons. The lowest BCUT2D eigenvalue weighted by molar-refractivity contribution is 0.0845. The smallest absolute Gasteiger partial charge is 0.179 e. The molecule has 0 fully saturated rings. The van der Waals surface area contributed by atoms with Gasteiger partial charge in [-0.1, -0.05) is 50.6 Å². The van der Waals surface area contributed by atoms with Crippen molar-refractivity contribution >= 4 is 5.78 Å². The Balaban J connectivity index is 2.83. The van der Waals surface area contributed by atoms with Gasteiger partial charge in [-0.2, -0.15) is 0 Å². The molecule has 0 spiro atoms. The Hall–Kier alpha value is -1.15. The van der Waals surface area contributed by atoms with Crippen molar-refractivity contribution in [3.63, 3.8) is 0 Å². The van der Waals surface area contributed by atoms with Crippen LogP contribution < -0.4 is 0 Å². The van der Waals surface area contributed by atoms with E-state index in [4.69, 9.17) is 0 Å². The molecule has 0 saturated carbocycles. The predicted molar refractivity (Wildman–Crippen MR) is 67.8 cm³/mol. The number of benzene rings is 1. The zero-order chi connectivity index (χ0) is 12.0. The highest BCUT2D eigenvalue weighted by atomic mass is 16.1. The maximum absolute atomic E-state index is 12.3. The lowest BCUT2D eigenvalue weighted by Crippen LogP contribution is -2.38. The lowest BCUT2D eigenvalue weighted by atomic mass is 9.99. The Morgan fingerprint density at radius 2 is 1.88 bits per heavy atom. The summed E-state index contributed by atoms with van der Waals surface area (Å²) in [7, 11) is 2.02. The number of hydrogen-bond acceptors (Lipinski definition) is 2. The normalized spacial score (nSPS) is 12.8. The molecule has 1 aromatic rings. The minimum absolute atomic E-state index is 0.0254. The molecule has 1 rings (SSSR count). The van der Waals surface area contributed by atoms with Gasteiger partial charge in [0.05, 0.1) is 6.04 Å². The molecule has 1 atom stereocenters. The average molecular weight is 219 g/mol. The van der Waals surface area contributed by atoms with Gasteiger partial charge in [0.25, 0.3) is 0 Å². The van der Waals surface area contributed by atoms with Crippen LogP contribution in [0.4, 0.5) is 0 Å². The fourth-order valence-electron chi connectivity index (χ4n) is 1.84. The topological polar surface area (TPSA) is 20.3 Å². The largest absolute Gasteiger partial charge is 0.297 e. The number of carbonyl (C=O) groups excluding carboxylic acids is 1. The summed E-state index contributed by atoms with van der Waals surface area (Å²) in [6, 6.07) is 9.60. The Kier molecular flexibility index (Phi) is 5.20. The number of rotatable bonds is 6. The van der Waals surface area contributed by atoms with Gasteiger partial charge in [0, 0.05) is 5.56 Å². The van der Waals surface area contributed by atoms with Crippen molar-refractivity contribution in [1.82, 2.24) is 4.90 Å². The molecule has 88 valence electrons. The first-order chi connectivity index (χ1) is 7.70. The second kappa shape index (κ2) is 6.44. The van der Waals surface area contributed by atoms with E-state index in [0.29, 0.717) is 0 Å². The molecule has 2 heteroatoms. The summed E-state index contributed by atoms with van der Waals surface area (Å²) in [4.78, 5) is 14.4. The van der Waals surface area contributed by atoms with E-state index in [0.717, 1.165) is 24.9 Å². The summed E-state index contributed by atoms with van der Waals surface area (Å²) in [6.45, 7) is 5.11. The van der Waals surface area contributed by atoms with Gasteiger partial charge < -0.3 is 0 Å². The molecule has 0 amide bonds. The molecular formula is C14H21NO. The van der Waals surface area contributed by atoms with E-state index in [1.54, 1.807) is 0 Å². The third kappa shape index (κ3) is 3.17. The average Bonchev–Trinajstić information content (AvgIpc) is 2.35. The van der Waals surface area contributed by atoms with Crippen molar-refractivity contribution in [2.75, 3.05) is 13.6 Å². The monoisotopic (exact) mass is 219 g/mol. The van der Waals surface area contributed by atoms with E-state index in [1.165, 1.54) is 0 Å². The van der Waals surface area contributed by atoms with Gasteiger partial charge in [-0.25, -0.2) is 0 Å². The van der Waals surface area contributed by atoms with Gasteiger partial charge >= 0.3 is 0 Å². The summed E-state index contributed by atoms with van der Waals surface area (Å²) in [5.41, 5.74) is 0.821.